The van der Waals surface area contributed by atoms with Crippen LogP contribution in [-0.2, 0) is 28.6 Å². The highest BCUT2D eigenvalue weighted by Crippen LogP contribution is 1.98. The highest BCUT2D eigenvalue weighted by atomic mass is 16.6. The molecule has 0 bridgehead atoms. The van der Waals surface area contributed by atoms with Gasteiger partial charge >= 0.3 is 17.9 Å². The van der Waals surface area contributed by atoms with Gasteiger partial charge in [-0.25, -0.2) is 14.4 Å². The van der Waals surface area contributed by atoms with Crippen LogP contribution < -0.4 is 0 Å². The second kappa shape index (κ2) is 9.21. The van der Waals surface area contributed by atoms with E-state index in [2.05, 4.69) is 9.47 Å². The first-order valence-corrected chi connectivity index (χ1v) is 5.69. The molecule has 0 radical (unpaired) electrons. The van der Waals surface area contributed by atoms with Crippen molar-refractivity contribution in [2.45, 2.75) is 27.2 Å². The van der Waals surface area contributed by atoms with Gasteiger partial charge in [-0.1, -0.05) is 6.92 Å². The van der Waals surface area contributed by atoms with E-state index in [0.717, 1.165) is 6.08 Å². The molecule has 0 spiro atoms. The van der Waals surface area contributed by atoms with Gasteiger partial charge in [0.2, 0.25) is 0 Å². The number of hydrogen-bond donors (Lipinski definition) is 0. The van der Waals surface area contributed by atoms with E-state index in [4.69, 9.17) is 4.74 Å². The lowest BCUT2D eigenvalue weighted by atomic mass is 10.3. The molecular formula is C12H18O6. The fourth-order valence-corrected chi connectivity index (χ4v) is 0.919. The molecule has 0 amide bonds. The van der Waals surface area contributed by atoms with Crippen LogP contribution >= 0.6 is 0 Å². The summed E-state index contributed by atoms with van der Waals surface area (Å²) in [5.41, 5.74) is 0.123. The summed E-state index contributed by atoms with van der Waals surface area (Å²) in [6, 6.07) is 0. The van der Waals surface area contributed by atoms with Crippen molar-refractivity contribution in [1.82, 2.24) is 0 Å². The summed E-state index contributed by atoms with van der Waals surface area (Å²) >= 11 is 0. The van der Waals surface area contributed by atoms with Crippen molar-refractivity contribution >= 4 is 17.9 Å². The normalized spacial score (nSPS) is 10.7. The Labute approximate surface area is 106 Å². The maximum atomic E-state index is 11.3. The Balaban J connectivity index is 4.11. The largest absolute Gasteiger partial charge is 0.463 e. The predicted octanol–water partition coefficient (Wildman–Crippen LogP) is 0.992. The summed E-state index contributed by atoms with van der Waals surface area (Å²) in [6.07, 6.45) is 1.68. The predicted molar refractivity (Wildman–Crippen MR) is 62.6 cm³/mol. The molecule has 0 atom stereocenters. The van der Waals surface area contributed by atoms with Gasteiger partial charge in [0.15, 0.2) is 6.61 Å². The molecule has 6 nitrogen and oxygen atoms in total. The van der Waals surface area contributed by atoms with Crippen molar-refractivity contribution in [2.24, 2.45) is 0 Å². The summed E-state index contributed by atoms with van der Waals surface area (Å²) < 4.78 is 14.0. The van der Waals surface area contributed by atoms with Crippen LogP contribution in [0.25, 0.3) is 0 Å². The third-order valence-electron chi connectivity index (χ3n) is 1.73. The Morgan fingerprint density at radius 3 is 2.28 bits per heavy atom. The molecule has 0 saturated heterocycles. The zero-order valence-electron chi connectivity index (χ0n) is 10.9. The Morgan fingerprint density at radius 1 is 1.06 bits per heavy atom. The van der Waals surface area contributed by atoms with Crippen LogP contribution in [0.4, 0.5) is 0 Å². The van der Waals surface area contributed by atoms with E-state index in [1.165, 1.54) is 6.92 Å². The quantitative estimate of drug-likeness (QED) is 0.385. The van der Waals surface area contributed by atoms with Crippen LogP contribution in [0.2, 0.25) is 0 Å². The smallest absolute Gasteiger partial charge is 0.344 e. The number of carbonyl (C=O) groups excluding carboxylic acids is 3. The molecular weight excluding hydrogens is 240 g/mol. The summed E-state index contributed by atoms with van der Waals surface area (Å²) in [4.78, 5) is 33.4. The second-order valence-electron chi connectivity index (χ2n) is 3.38. The van der Waals surface area contributed by atoms with Gasteiger partial charge in [0, 0.05) is 11.6 Å². The molecule has 0 aromatic heterocycles. The minimum atomic E-state index is -0.783. The van der Waals surface area contributed by atoms with Crippen LogP contribution in [0.3, 0.4) is 0 Å². The molecule has 0 aliphatic rings. The number of hydrogen-bond acceptors (Lipinski definition) is 6. The highest BCUT2D eigenvalue weighted by Gasteiger charge is 2.10. The monoisotopic (exact) mass is 258 g/mol. The molecule has 0 heterocycles. The van der Waals surface area contributed by atoms with Crippen molar-refractivity contribution in [2.75, 3.05) is 19.8 Å². The highest BCUT2D eigenvalue weighted by molar-refractivity contribution is 5.96. The van der Waals surface area contributed by atoms with Gasteiger partial charge in [-0.2, -0.15) is 0 Å². The average Bonchev–Trinajstić information content (AvgIpc) is 2.33. The Morgan fingerprint density at radius 2 is 1.72 bits per heavy atom. The summed E-state index contributed by atoms with van der Waals surface area (Å²) in [7, 11) is 0. The maximum Gasteiger partial charge on any atom is 0.344 e. The minimum absolute atomic E-state index is 0.123. The van der Waals surface area contributed by atoms with E-state index in [9.17, 15) is 14.4 Å². The van der Waals surface area contributed by atoms with E-state index in [1.807, 2.05) is 6.92 Å². The topological polar surface area (TPSA) is 78.9 Å². The van der Waals surface area contributed by atoms with Gasteiger partial charge in [0.25, 0.3) is 0 Å². The summed E-state index contributed by atoms with van der Waals surface area (Å²) in [5.74, 6) is -2.00. The fourth-order valence-electron chi connectivity index (χ4n) is 0.919. The molecule has 102 valence electrons. The third kappa shape index (κ3) is 7.43. The first-order chi connectivity index (χ1) is 8.51. The second-order valence-corrected chi connectivity index (χ2v) is 3.38. The molecule has 18 heavy (non-hydrogen) atoms. The SMILES string of the molecule is CCCOC(=O)/C(C)=C\C(=O)OCC(=O)OCC. The van der Waals surface area contributed by atoms with E-state index >= 15 is 0 Å². The van der Waals surface area contributed by atoms with Crippen LogP contribution in [0, 0.1) is 0 Å². The summed E-state index contributed by atoms with van der Waals surface area (Å²) in [5, 5.41) is 0. The van der Waals surface area contributed by atoms with Crippen molar-refractivity contribution in [3.8, 4) is 0 Å². The first kappa shape index (κ1) is 16.1. The van der Waals surface area contributed by atoms with Crippen LogP contribution in [0.5, 0.6) is 0 Å². The lowest BCUT2D eigenvalue weighted by Gasteiger charge is -2.04. The lowest BCUT2D eigenvalue weighted by molar-refractivity contribution is -0.155. The first-order valence-electron chi connectivity index (χ1n) is 5.69. The Bertz CT molecular complexity index is 331. The molecule has 0 aliphatic heterocycles. The van der Waals surface area contributed by atoms with Crippen LogP contribution in [-0.4, -0.2) is 37.7 Å². The molecule has 6 heteroatoms. The van der Waals surface area contributed by atoms with Crippen LogP contribution in [0.1, 0.15) is 27.2 Å². The molecule has 0 rings (SSSR count). The van der Waals surface area contributed by atoms with Gasteiger partial charge < -0.3 is 14.2 Å². The van der Waals surface area contributed by atoms with Crippen molar-refractivity contribution < 1.29 is 28.6 Å². The zero-order chi connectivity index (χ0) is 14.0. The fraction of sp³-hybridized carbons (Fsp3) is 0.583. The zero-order valence-corrected chi connectivity index (χ0v) is 10.9. The van der Waals surface area contributed by atoms with Crippen molar-refractivity contribution in [3.63, 3.8) is 0 Å². The molecule has 0 fully saturated rings. The van der Waals surface area contributed by atoms with Crippen molar-refractivity contribution in [1.29, 1.82) is 0 Å². The molecule has 0 aliphatic carbocycles. The number of carbonyl (C=O) groups is 3. The maximum absolute atomic E-state index is 11.3. The molecule has 0 unspecified atom stereocenters. The summed E-state index contributed by atoms with van der Waals surface area (Å²) in [6.45, 7) is 4.98. The van der Waals surface area contributed by atoms with Gasteiger partial charge in [0.1, 0.15) is 0 Å². The Hall–Kier alpha value is -1.85. The molecule has 0 N–H and O–H groups in total. The lowest BCUT2D eigenvalue weighted by Crippen LogP contribution is -2.16. The van der Waals surface area contributed by atoms with Crippen molar-refractivity contribution in [3.05, 3.63) is 11.6 Å². The number of ether oxygens (including phenoxy) is 3. The molecule has 0 saturated carbocycles. The van der Waals surface area contributed by atoms with Crippen LogP contribution in [0.15, 0.2) is 11.6 Å². The number of rotatable bonds is 7. The third-order valence-corrected chi connectivity index (χ3v) is 1.73. The number of esters is 3. The van der Waals surface area contributed by atoms with Gasteiger partial charge in [0.05, 0.1) is 13.2 Å². The molecule has 0 aromatic carbocycles. The van der Waals surface area contributed by atoms with E-state index in [0.29, 0.717) is 13.0 Å². The van der Waals surface area contributed by atoms with E-state index in [-0.39, 0.29) is 12.2 Å². The standard InChI is InChI=1S/C12H18O6/c1-4-6-17-12(15)9(3)7-10(13)18-8-11(14)16-5-2/h7H,4-6,8H2,1-3H3/b9-7-. The molecule has 0 aromatic rings. The van der Waals surface area contributed by atoms with E-state index < -0.39 is 24.5 Å². The van der Waals surface area contributed by atoms with Gasteiger partial charge in [-0.05, 0) is 20.3 Å². The average molecular weight is 258 g/mol. The van der Waals surface area contributed by atoms with Gasteiger partial charge in [-0.3, -0.25) is 0 Å². The van der Waals surface area contributed by atoms with E-state index in [1.54, 1.807) is 6.92 Å². The minimum Gasteiger partial charge on any atom is -0.463 e. The van der Waals surface area contributed by atoms with Gasteiger partial charge in [-0.15, -0.1) is 0 Å². The Kier molecular flexibility index (Phi) is 8.26.